The molecule has 0 atom stereocenters. The quantitative estimate of drug-likeness (QED) is 0.771. The van der Waals surface area contributed by atoms with Gasteiger partial charge in [-0.2, -0.15) is 5.10 Å². The van der Waals surface area contributed by atoms with E-state index in [9.17, 15) is 17.2 Å². The number of halogens is 2. The number of hydrogen-bond donors (Lipinski definition) is 1. The van der Waals surface area contributed by atoms with Crippen LogP contribution in [0.3, 0.4) is 0 Å². The standard InChI is InChI=1S/C17H15F2N3O2S/c1-11-9-12(2)22(20-11)16-6-4-3-5-15(16)21-25(23,24)17-10-13(18)7-8-14(17)19/h3-10,21H,1-2H3. The van der Waals surface area contributed by atoms with Gasteiger partial charge in [-0.3, -0.25) is 4.72 Å². The number of rotatable bonds is 4. The Balaban J connectivity index is 2.07. The number of aryl methyl sites for hydroxylation is 2. The minimum atomic E-state index is -4.31. The second kappa shape index (κ2) is 6.29. The summed E-state index contributed by atoms with van der Waals surface area (Å²) in [6.07, 6.45) is 0. The summed E-state index contributed by atoms with van der Waals surface area (Å²) >= 11 is 0. The molecule has 5 nitrogen and oxygen atoms in total. The summed E-state index contributed by atoms with van der Waals surface area (Å²) in [5.41, 5.74) is 2.26. The summed E-state index contributed by atoms with van der Waals surface area (Å²) in [5, 5.41) is 4.32. The van der Waals surface area contributed by atoms with Gasteiger partial charge in [0.25, 0.3) is 10.0 Å². The summed E-state index contributed by atoms with van der Waals surface area (Å²) < 4.78 is 56.1. The molecule has 0 aliphatic rings. The maximum atomic E-state index is 13.9. The van der Waals surface area contributed by atoms with E-state index in [0.717, 1.165) is 23.5 Å². The van der Waals surface area contributed by atoms with Crippen molar-refractivity contribution in [2.45, 2.75) is 18.7 Å². The van der Waals surface area contributed by atoms with Crippen molar-refractivity contribution in [1.29, 1.82) is 0 Å². The van der Waals surface area contributed by atoms with Gasteiger partial charge in [0.1, 0.15) is 16.5 Å². The van der Waals surface area contributed by atoms with Crippen molar-refractivity contribution in [2.75, 3.05) is 4.72 Å². The second-order valence-electron chi connectivity index (χ2n) is 5.54. The lowest BCUT2D eigenvalue weighted by Crippen LogP contribution is -2.17. The largest absolute Gasteiger partial charge is 0.277 e. The van der Waals surface area contributed by atoms with Gasteiger partial charge < -0.3 is 0 Å². The molecule has 0 saturated carbocycles. The Bertz CT molecular complexity index is 1050. The fourth-order valence-corrected chi connectivity index (χ4v) is 3.66. The number of benzene rings is 2. The molecule has 130 valence electrons. The third-order valence-electron chi connectivity index (χ3n) is 3.57. The molecular formula is C17H15F2N3O2S. The molecule has 0 aliphatic carbocycles. The van der Waals surface area contributed by atoms with Crippen LogP contribution in [-0.2, 0) is 10.0 Å². The van der Waals surface area contributed by atoms with E-state index in [-0.39, 0.29) is 5.69 Å². The van der Waals surface area contributed by atoms with Gasteiger partial charge in [0.15, 0.2) is 0 Å². The lowest BCUT2D eigenvalue weighted by molar-refractivity contribution is 0.555. The zero-order valence-electron chi connectivity index (χ0n) is 13.5. The lowest BCUT2D eigenvalue weighted by atomic mass is 10.2. The number of anilines is 1. The number of para-hydroxylation sites is 2. The Morgan fingerprint density at radius 2 is 1.76 bits per heavy atom. The van der Waals surface area contributed by atoms with Crippen LogP contribution in [0.5, 0.6) is 0 Å². The van der Waals surface area contributed by atoms with Crippen LogP contribution in [0.1, 0.15) is 11.4 Å². The highest BCUT2D eigenvalue weighted by Gasteiger charge is 2.22. The molecule has 8 heteroatoms. The highest BCUT2D eigenvalue weighted by Crippen LogP contribution is 2.25. The van der Waals surface area contributed by atoms with Gasteiger partial charge in [0.2, 0.25) is 0 Å². The van der Waals surface area contributed by atoms with Gasteiger partial charge >= 0.3 is 0 Å². The first-order chi connectivity index (χ1) is 11.8. The Kier molecular flexibility index (Phi) is 4.30. The van der Waals surface area contributed by atoms with Crippen LogP contribution in [0.4, 0.5) is 14.5 Å². The summed E-state index contributed by atoms with van der Waals surface area (Å²) in [6, 6.07) is 10.7. The van der Waals surface area contributed by atoms with Crippen molar-refractivity contribution in [3.63, 3.8) is 0 Å². The number of nitrogens with zero attached hydrogens (tertiary/aromatic N) is 2. The van der Waals surface area contributed by atoms with Gasteiger partial charge in [-0.05, 0) is 50.2 Å². The molecule has 0 spiro atoms. The minimum absolute atomic E-state index is 0.206. The molecule has 3 aromatic rings. The molecule has 0 bridgehead atoms. The van der Waals surface area contributed by atoms with Crippen LogP contribution in [0.2, 0.25) is 0 Å². The van der Waals surface area contributed by atoms with Gasteiger partial charge in [0.05, 0.1) is 17.1 Å². The molecule has 0 saturated heterocycles. The third kappa shape index (κ3) is 3.39. The fraction of sp³-hybridized carbons (Fsp3) is 0.118. The Labute approximate surface area is 144 Å². The summed E-state index contributed by atoms with van der Waals surface area (Å²) in [7, 11) is -4.31. The van der Waals surface area contributed by atoms with Crippen LogP contribution in [-0.4, -0.2) is 18.2 Å². The molecule has 3 rings (SSSR count). The van der Waals surface area contributed by atoms with Gasteiger partial charge in [-0.15, -0.1) is 0 Å². The Morgan fingerprint density at radius 1 is 1.04 bits per heavy atom. The maximum Gasteiger partial charge on any atom is 0.264 e. The molecule has 0 amide bonds. The van der Waals surface area contributed by atoms with E-state index < -0.39 is 26.6 Å². The van der Waals surface area contributed by atoms with E-state index in [2.05, 4.69) is 9.82 Å². The molecule has 25 heavy (non-hydrogen) atoms. The van der Waals surface area contributed by atoms with E-state index in [1.807, 2.05) is 19.9 Å². The first-order valence-electron chi connectivity index (χ1n) is 7.38. The molecule has 2 aromatic carbocycles. The zero-order valence-corrected chi connectivity index (χ0v) is 14.3. The van der Waals surface area contributed by atoms with Gasteiger partial charge in [-0.1, -0.05) is 12.1 Å². The van der Waals surface area contributed by atoms with Gasteiger partial charge in [-0.25, -0.2) is 21.9 Å². The summed E-state index contributed by atoms with van der Waals surface area (Å²) in [6.45, 7) is 3.65. The predicted molar refractivity (Wildman–Crippen MR) is 90.2 cm³/mol. The zero-order chi connectivity index (χ0) is 18.2. The second-order valence-corrected chi connectivity index (χ2v) is 7.19. The van der Waals surface area contributed by atoms with E-state index in [4.69, 9.17) is 0 Å². The topological polar surface area (TPSA) is 64.0 Å². The van der Waals surface area contributed by atoms with E-state index in [1.165, 1.54) is 6.07 Å². The van der Waals surface area contributed by atoms with Crippen LogP contribution in [0.15, 0.2) is 53.4 Å². The molecular weight excluding hydrogens is 348 g/mol. The predicted octanol–water partition coefficient (Wildman–Crippen LogP) is 3.57. The van der Waals surface area contributed by atoms with Crippen LogP contribution >= 0.6 is 0 Å². The first-order valence-corrected chi connectivity index (χ1v) is 8.87. The number of hydrogen-bond acceptors (Lipinski definition) is 3. The SMILES string of the molecule is Cc1cc(C)n(-c2ccccc2NS(=O)(=O)c2cc(F)ccc2F)n1. The average molecular weight is 363 g/mol. The van der Waals surface area contributed by atoms with E-state index in [1.54, 1.807) is 22.9 Å². The van der Waals surface area contributed by atoms with Crippen LogP contribution in [0, 0.1) is 25.5 Å². The monoisotopic (exact) mass is 363 g/mol. The third-order valence-corrected chi connectivity index (χ3v) is 4.95. The van der Waals surface area contributed by atoms with Crippen molar-refractivity contribution in [1.82, 2.24) is 9.78 Å². The van der Waals surface area contributed by atoms with Gasteiger partial charge in [0, 0.05) is 5.69 Å². The average Bonchev–Trinajstić information content (AvgIpc) is 2.88. The number of aromatic nitrogens is 2. The molecule has 1 aromatic heterocycles. The molecule has 1 heterocycles. The smallest absolute Gasteiger partial charge is 0.264 e. The molecule has 0 fully saturated rings. The van der Waals surface area contributed by atoms with Crippen molar-refractivity contribution >= 4 is 15.7 Å². The van der Waals surface area contributed by atoms with Crippen LogP contribution < -0.4 is 4.72 Å². The Morgan fingerprint density at radius 3 is 2.44 bits per heavy atom. The van der Waals surface area contributed by atoms with Crippen LogP contribution in [0.25, 0.3) is 5.69 Å². The Hall–Kier alpha value is -2.74. The van der Waals surface area contributed by atoms with E-state index in [0.29, 0.717) is 11.8 Å². The maximum absolute atomic E-state index is 13.9. The molecule has 0 unspecified atom stereocenters. The minimum Gasteiger partial charge on any atom is -0.277 e. The first kappa shape index (κ1) is 17.1. The number of nitrogens with one attached hydrogen (secondary N) is 1. The lowest BCUT2D eigenvalue weighted by Gasteiger charge is -2.14. The summed E-state index contributed by atoms with van der Waals surface area (Å²) in [5.74, 6) is -1.87. The molecule has 1 N–H and O–H groups in total. The molecule has 0 radical (unpaired) electrons. The van der Waals surface area contributed by atoms with Crippen molar-refractivity contribution in [2.24, 2.45) is 0 Å². The molecule has 0 aliphatic heterocycles. The normalized spacial score (nSPS) is 11.5. The number of sulfonamides is 1. The van der Waals surface area contributed by atoms with Crippen molar-refractivity contribution < 1.29 is 17.2 Å². The van der Waals surface area contributed by atoms with Crippen molar-refractivity contribution in [3.8, 4) is 5.69 Å². The highest BCUT2D eigenvalue weighted by atomic mass is 32.2. The van der Waals surface area contributed by atoms with E-state index >= 15 is 0 Å². The summed E-state index contributed by atoms with van der Waals surface area (Å²) in [4.78, 5) is -0.754. The fourth-order valence-electron chi connectivity index (χ4n) is 2.50. The highest BCUT2D eigenvalue weighted by molar-refractivity contribution is 7.92. The van der Waals surface area contributed by atoms with Crippen molar-refractivity contribution in [3.05, 3.63) is 71.6 Å².